The van der Waals surface area contributed by atoms with Crippen LogP contribution in [0.15, 0.2) is 57.8 Å². The predicted octanol–water partition coefficient (Wildman–Crippen LogP) is 4.52. The molecule has 22 heavy (non-hydrogen) atoms. The third-order valence-electron chi connectivity index (χ3n) is 3.67. The van der Waals surface area contributed by atoms with Crippen molar-refractivity contribution in [1.29, 1.82) is 0 Å². The van der Waals surface area contributed by atoms with Gasteiger partial charge in [-0.05, 0) is 53.0 Å². The number of rotatable bonds is 5. The zero-order valence-electron chi connectivity index (χ0n) is 12.0. The maximum atomic E-state index is 12.6. The molecule has 2 aromatic carbocycles. The van der Waals surface area contributed by atoms with E-state index < -0.39 is 10.8 Å². The smallest absolute Gasteiger partial charge is 0.0775 e. The fourth-order valence-corrected chi connectivity index (χ4v) is 3.89. The zero-order valence-corrected chi connectivity index (χ0v) is 13.6. The molecule has 1 aliphatic rings. The summed E-state index contributed by atoms with van der Waals surface area (Å²) in [4.78, 5) is 4.74. The summed E-state index contributed by atoms with van der Waals surface area (Å²) in [6.45, 7) is 0.592. The molecule has 1 atom stereocenters. The minimum Gasteiger partial charge on any atom is -0.250 e. The Morgan fingerprint density at radius 3 is 3.09 bits per heavy atom. The molecule has 1 unspecified atom stereocenters. The monoisotopic (exact) mass is 325 g/mol. The molecule has 0 amide bonds. The van der Waals surface area contributed by atoms with Gasteiger partial charge in [-0.3, -0.25) is 0 Å². The van der Waals surface area contributed by atoms with Crippen LogP contribution in [-0.2, 0) is 17.2 Å². The van der Waals surface area contributed by atoms with Crippen LogP contribution in [0.3, 0.4) is 0 Å². The van der Waals surface area contributed by atoms with Gasteiger partial charge < -0.3 is 0 Å². The summed E-state index contributed by atoms with van der Waals surface area (Å²) in [5, 5.41) is 6.51. The molecule has 2 nitrogen and oxygen atoms in total. The van der Waals surface area contributed by atoms with Gasteiger partial charge in [-0.15, -0.1) is 0 Å². The molecule has 1 aliphatic carbocycles. The van der Waals surface area contributed by atoms with Gasteiger partial charge in [-0.1, -0.05) is 42.5 Å². The van der Waals surface area contributed by atoms with Gasteiger partial charge in [-0.2, -0.15) is 0 Å². The van der Waals surface area contributed by atoms with Gasteiger partial charge in [0.15, 0.2) is 0 Å². The Morgan fingerprint density at radius 1 is 1.32 bits per heavy atom. The second-order valence-electron chi connectivity index (χ2n) is 5.02. The number of hydrogen-bond acceptors (Lipinski definition) is 3. The molecule has 0 aliphatic heterocycles. The number of allylic oxidation sites excluding steroid dienone is 1. The molecular weight excluding hydrogens is 310 g/mol. The molecule has 110 valence electrons. The lowest BCUT2D eigenvalue weighted by Crippen LogP contribution is -2.00. The summed E-state index contributed by atoms with van der Waals surface area (Å²) >= 11 is 4.52. The first kappa shape index (κ1) is 15.0. The first-order valence-electron chi connectivity index (χ1n) is 7.13. The Hall–Kier alpha value is -1.87. The largest absolute Gasteiger partial charge is 0.250 e. The van der Waals surface area contributed by atoms with Gasteiger partial charge in [0.2, 0.25) is 0 Å². The average molecular weight is 325 g/mol. The van der Waals surface area contributed by atoms with Crippen molar-refractivity contribution >= 4 is 45.0 Å². The standard InChI is InChI=1S/C18H15NOS2/c20-22(12-2-1-11-19-13-21)17-10-9-15-6-3-5-14-7-4-8-16(17)18(14)15/h2-7,9-10,12H,1,8,11H2/b12-2+. The highest BCUT2D eigenvalue weighted by Gasteiger charge is 2.14. The molecule has 0 spiro atoms. The highest BCUT2D eigenvalue weighted by Crippen LogP contribution is 2.32. The maximum Gasteiger partial charge on any atom is 0.0775 e. The lowest BCUT2D eigenvalue weighted by molar-refractivity contribution is 0.687. The van der Waals surface area contributed by atoms with Gasteiger partial charge >= 0.3 is 0 Å². The first-order valence-corrected chi connectivity index (χ1v) is 8.75. The molecule has 0 saturated heterocycles. The molecule has 0 heterocycles. The summed E-state index contributed by atoms with van der Waals surface area (Å²) < 4.78 is 12.6. The summed E-state index contributed by atoms with van der Waals surface area (Å²) in [5.74, 6) is 0. The summed E-state index contributed by atoms with van der Waals surface area (Å²) in [5.41, 5.74) is 2.38. The Labute approximate surface area is 137 Å². The van der Waals surface area contributed by atoms with Gasteiger partial charge in [0.1, 0.15) is 0 Å². The van der Waals surface area contributed by atoms with Gasteiger partial charge in [-0.25, -0.2) is 9.20 Å². The number of isothiocyanates is 1. The Bertz CT molecular complexity index is 846. The Morgan fingerprint density at radius 2 is 2.23 bits per heavy atom. The van der Waals surface area contributed by atoms with E-state index in [0.29, 0.717) is 6.54 Å². The first-order chi connectivity index (χ1) is 10.8. The third-order valence-corrected chi connectivity index (χ3v) is 5.06. The van der Waals surface area contributed by atoms with Crippen LogP contribution in [-0.4, -0.2) is 15.9 Å². The molecule has 3 rings (SSSR count). The lowest BCUT2D eigenvalue weighted by Gasteiger charge is -2.15. The Kier molecular flexibility index (Phi) is 4.74. The van der Waals surface area contributed by atoms with Crippen molar-refractivity contribution in [2.45, 2.75) is 17.7 Å². The molecule has 0 fully saturated rings. The highest BCUT2D eigenvalue weighted by atomic mass is 32.2. The molecular formula is C18H15NOS2. The van der Waals surface area contributed by atoms with Crippen LogP contribution in [0.25, 0.3) is 16.8 Å². The maximum absolute atomic E-state index is 12.6. The molecule has 0 bridgehead atoms. The van der Waals surface area contributed by atoms with Crippen LogP contribution in [0.4, 0.5) is 0 Å². The fraction of sp³-hybridized carbons (Fsp3) is 0.167. The van der Waals surface area contributed by atoms with E-state index >= 15 is 0 Å². The minimum atomic E-state index is -1.13. The fourth-order valence-electron chi connectivity index (χ4n) is 2.71. The van der Waals surface area contributed by atoms with Crippen LogP contribution in [0.2, 0.25) is 0 Å². The normalized spacial score (nSPS) is 14.2. The lowest BCUT2D eigenvalue weighted by atomic mass is 9.93. The summed E-state index contributed by atoms with van der Waals surface area (Å²) in [7, 11) is -1.13. The highest BCUT2D eigenvalue weighted by molar-refractivity contribution is 7.88. The van der Waals surface area contributed by atoms with Gasteiger partial charge in [0.05, 0.1) is 22.5 Å². The van der Waals surface area contributed by atoms with E-state index in [9.17, 15) is 4.21 Å². The Balaban J connectivity index is 1.94. The second kappa shape index (κ2) is 6.93. The van der Waals surface area contributed by atoms with Crippen molar-refractivity contribution in [3.05, 3.63) is 59.0 Å². The van der Waals surface area contributed by atoms with E-state index in [4.69, 9.17) is 0 Å². The van der Waals surface area contributed by atoms with Gasteiger partial charge in [0.25, 0.3) is 0 Å². The SMILES string of the molecule is O=S(/C=C/CCN=C=S)c1ccc2cccc3c2c1CC=C3. The average Bonchev–Trinajstić information content (AvgIpc) is 2.55. The van der Waals surface area contributed by atoms with E-state index in [-0.39, 0.29) is 0 Å². The van der Waals surface area contributed by atoms with Crippen LogP contribution >= 0.6 is 12.2 Å². The number of aliphatic imine (C=N–C) groups is 1. The second-order valence-corrected chi connectivity index (χ2v) is 6.51. The van der Waals surface area contributed by atoms with E-state index in [1.807, 2.05) is 12.1 Å². The predicted molar refractivity (Wildman–Crippen MR) is 96.7 cm³/mol. The number of thiocarbonyl (C=S) groups is 1. The quantitative estimate of drug-likeness (QED) is 0.459. The van der Waals surface area contributed by atoms with E-state index in [1.54, 1.807) is 5.41 Å². The number of benzene rings is 2. The van der Waals surface area contributed by atoms with E-state index in [2.05, 4.69) is 58.8 Å². The molecule has 0 aromatic heterocycles. The van der Waals surface area contributed by atoms with Crippen molar-refractivity contribution < 1.29 is 4.21 Å². The number of nitrogens with zero attached hydrogens (tertiary/aromatic N) is 1. The van der Waals surface area contributed by atoms with Crippen molar-refractivity contribution in [3.8, 4) is 0 Å². The van der Waals surface area contributed by atoms with Crippen molar-refractivity contribution in [2.24, 2.45) is 4.99 Å². The minimum absolute atomic E-state index is 0.592. The molecule has 0 radical (unpaired) electrons. The topological polar surface area (TPSA) is 29.4 Å². The molecule has 0 N–H and O–H groups in total. The van der Waals surface area contributed by atoms with E-state index in [0.717, 1.165) is 17.7 Å². The van der Waals surface area contributed by atoms with Crippen molar-refractivity contribution in [2.75, 3.05) is 6.54 Å². The zero-order chi connectivity index (χ0) is 15.4. The van der Waals surface area contributed by atoms with E-state index in [1.165, 1.54) is 21.9 Å². The van der Waals surface area contributed by atoms with Crippen LogP contribution in [0.1, 0.15) is 17.5 Å². The van der Waals surface area contributed by atoms with Crippen LogP contribution in [0, 0.1) is 0 Å². The number of hydrogen-bond donors (Lipinski definition) is 0. The van der Waals surface area contributed by atoms with Crippen LogP contribution in [0.5, 0.6) is 0 Å². The molecule has 2 aromatic rings. The van der Waals surface area contributed by atoms with Crippen LogP contribution < -0.4 is 0 Å². The summed E-state index contributed by atoms with van der Waals surface area (Å²) in [6.07, 6.45) is 7.73. The van der Waals surface area contributed by atoms with Crippen molar-refractivity contribution in [1.82, 2.24) is 0 Å². The molecule has 4 heteroatoms. The van der Waals surface area contributed by atoms with Gasteiger partial charge in [0, 0.05) is 10.3 Å². The summed E-state index contributed by atoms with van der Waals surface area (Å²) in [6, 6.07) is 10.3. The third kappa shape index (κ3) is 3.00. The molecule has 0 saturated carbocycles. The van der Waals surface area contributed by atoms with Crippen molar-refractivity contribution in [3.63, 3.8) is 0 Å².